The summed E-state index contributed by atoms with van der Waals surface area (Å²) in [6, 6.07) is 4.56. The van der Waals surface area contributed by atoms with Gasteiger partial charge in [-0.05, 0) is 43.0 Å². The molecule has 3 rings (SSSR count). The number of carboxylic acids is 1. The van der Waals surface area contributed by atoms with Gasteiger partial charge in [0.05, 0.1) is 0 Å². The van der Waals surface area contributed by atoms with Crippen LogP contribution in [0.25, 0.3) is 10.9 Å². The molecule has 1 aromatic heterocycles. The predicted octanol–water partition coefficient (Wildman–Crippen LogP) is 1.68. The van der Waals surface area contributed by atoms with Crippen LogP contribution in [-0.4, -0.2) is 21.7 Å². The van der Waals surface area contributed by atoms with E-state index in [0.29, 0.717) is 6.42 Å². The number of hydrogen-bond donors (Lipinski definition) is 2. The van der Waals surface area contributed by atoms with Gasteiger partial charge in [-0.15, -0.1) is 0 Å². The summed E-state index contributed by atoms with van der Waals surface area (Å²) in [6.45, 7) is -0.0906. The van der Waals surface area contributed by atoms with E-state index in [-0.39, 0.29) is 18.4 Å². The van der Waals surface area contributed by atoms with Gasteiger partial charge >= 0.3 is 5.97 Å². The fourth-order valence-electron chi connectivity index (χ4n) is 2.96. The van der Waals surface area contributed by atoms with Gasteiger partial charge < -0.3 is 15.4 Å². The van der Waals surface area contributed by atoms with Gasteiger partial charge in [-0.3, -0.25) is 4.79 Å². The average Bonchev–Trinajstić information content (AvgIpc) is 2.62. The molecule has 2 aromatic rings. The average molecular weight is 262 g/mol. The number of rotatable bonds is 2. The van der Waals surface area contributed by atoms with E-state index in [1.54, 1.807) is 10.6 Å². The number of halogens is 1. The van der Waals surface area contributed by atoms with Crippen molar-refractivity contribution in [1.29, 1.82) is 0 Å². The van der Waals surface area contributed by atoms with Crippen molar-refractivity contribution in [2.75, 3.05) is 0 Å². The number of nitrogens with two attached hydrogens (primary N) is 1. The first kappa shape index (κ1) is 12.2. The van der Waals surface area contributed by atoms with Gasteiger partial charge in [0.15, 0.2) is 0 Å². The number of aliphatic carboxylic acids is 1. The molecular formula is C14H15FN2O2. The molecule has 1 aliphatic rings. The van der Waals surface area contributed by atoms with Crippen LogP contribution in [0, 0.1) is 5.82 Å². The maximum atomic E-state index is 13.4. The second-order valence-corrected chi connectivity index (χ2v) is 5.07. The van der Waals surface area contributed by atoms with Gasteiger partial charge in [-0.25, -0.2) is 4.39 Å². The van der Waals surface area contributed by atoms with Crippen LogP contribution in [0.4, 0.5) is 4.39 Å². The second-order valence-electron chi connectivity index (χ2n) is 5.07. The van der Waals surface area contributed by atoms with Crippen LogP contribution >= 0.6 is 0 Å². The summed E-state index contributed by atoms with van der Waals surface area (Å²) >= 11 is 0. The molecule has 1 aromatic carbocycles. The molecule has 4 nitrogen and oxygen atoms in total. The highest BCUT2D eigenvalue weighted by molar-refractivity contribution is 5.87. The van der Waals surface area contributed by atoms with Crippen LogP contribution in [0.2, 0.25) is 0 Å². The van der Waals surface area contributed by atoms with E-state index < -0.39 is 5.97 Å². The molecule has 0 spiro atoms. The molecule has 3 N–H and O–H groups in total. The molecule has 0 radical (unpaired) electrons. The van der Waals surface area contributed by atoms with Crippen LogP contribution in [0.3, 0.4) is 0 Å². The summed E-state index contributed by atoms with van der Waals surface area (Å²) in [5, 5.41) is 9.83. The first-order valence-electron chi connectivity index (χ1n) is 6.33. The number of benzene rings is 1. The van der Waals surface area contributed by atoms with Crippen LogP contribution in [0.1, 0.15) is 17.7 Å². The molecule has 1 aliphatic carbocycles. The monoisotopic (exact) mass is 262 g/mol. The van der Waals surface area contributed by atoms with Gasteiger partial charge in [0.25, 0.3) is 0 Å². The Balaban J connectivity index is 2.26. The molecule has 0 saturated heterocycles. The van der Waals surface area contributed by atoms with Crippen molar-refractivity contribution in [3.63, 3.8) is 0 Å². The molecule has 1 atom stereocenters. The Bertz CT molecular complexity index is 663. The Labute approximate surface area is 109 Å². The van der Waals surface area contributed by atoms with Crippen LogP contribution < -0.4 is 5.73 Å². The zero-order valence-corrected chi connectivity index (χ0v) is 10.4. The van der Waals surface area contributed by atoms with Gasteiger partial charge in [0.2, 0.25) is 0 Å². The topological polar surface area (TPSA) is 68.2 Å². The number of nitrogens with zero attached hydrogens (tertiary/aromatic N) is 1. The van der Waals surface area contributed by atoms with Gasteiger partial charge in [-0.2, -0.15) is 0 Å². The van der Waals surface area contributed by atoms with Gasteiger partial charge in [0, 0.05) is 22.6 Å². The van der Waals surface area contributed by atoms with Crippen molar-refractivity contribution in [2.24, 2.45) is 5.73 Å². The molecule has 0 bridgehead atoms. The summed E-state index contributed by atoms with van der Waals surface area (Å²) < 4.78 is 15.2. The highest BCUT2D eigenvalue weighted by Gasteiger charge is 2.24. The quantitative estimate of drug-likeness (QED) is 0.865. The Kier molecular flexibility index (Phi) is 2.78. The van der Waals surface area contributed by atoms with Crippen LogP contribution in [0.15, 0.2) is 18.2 Å². The smallest absolute Gasteiger partial charge is 0.323 e. The van der Waals surface area contributed by atoms with E-state index in [4.69, 9.17) is 10.8 Å². The van der Waals surface area contributed by atoms with E-state index in [0.717, 1.165) is 35.0 Å². The van der Waals surface area contributed by atoms with E-state index in [9.17, 15) is 9.18 Å². The molecule has 0 saturated carbocycles. The number of aromatic nitrogens is 1. The Morgan fingerprint density at radius 1 is 1.53 bits per heavy atom. The number of carbonyl (C=O) groups is 1. The lowest BCUT2D eigenvalue weighted by Crippen LogP contribution is -2.28. The van der Waals surface area contributed by atoms with Crippen molar-refractivity contribution >= 4 is 16.9 Å². The van der Waals surface area contributed by atoms with E-state index in [2.05, 4.69) is 0 Å². The summed E-state index contributed by atoms with van der Waals surface area (Å²) in [4.78, 5) is 11.0. The molecular weight excluding hydrogens is 247 g/mol. The highest BCUT2D eigenvalue weighted by atomic mass is 19.1. The zero-order chi connectivity index (χ0) is 13.6. The third-order valence-electron chi connectivity index (χ3n) is 3.76. The van der Waals surface area contributed by atoms with Crippen LogP contribution in [-0.2, 0) is 24.2 Å². The normalized spacial score (nSPS) is 18.5. The molecule has 0 fully saturated rings. The number of fused-ring (bicyclic) bond motifs is 3. The maximum Gasteiger partial charge on any atom is 0.323 e. The molecule has 1 heterocycles. The summed E-state index contributed by atoms with van der Waals surface area (Å²) in [5.74, 6) is -1.19. The van der Waals surface area contributed by atoms with Crippen molar-refractivity contribution < 1.29 is 14.3 Å². The van der Waals surface area contributed by atoms with E-state index >= 15 is 0 Å². The molecule has 0 aliphatic heterocycles. The zero-order valence-electron chi connectivity index (χ0n) is 10.4. The molecule has 5 heteroatoms. The summed E-state index contributed by atoms with van der Waals surface area (Å²) in [7, 11) is 0. The predicted molar refractivity (Wildman–Crippen MR) is 69.5 cm³/mol. The summed E-state index contributed by atoms with van der Waals surface area (Å²) in [6.07, 6.45) is 2.27. The van der Waals surface area contributed by atoms with Crippen molar-refractivity contribution in [2.45, 2.75) is 31.8 Å². The standard InChI is InChI=1S/C14H15FN2O2/c15-8-1-3-12-10(5-8)11-6-9(16)2-4-13(11)17(12)7-14(18)19/h1,3,5,9H,2,4,6-7,16H2,(H,18,19). The van der Waals surface area contributed by atoms with Crippen molar-refractivity contribution in [1.82, 2.24) is 4.57 Å². The van der Waals surface area contributed by atoms with Gasteiger partial charge in [0.1, 0.15) is 12.4 Å². The van der Waals surface area contributed by atoms with Gasteiger partial charge in [-0.1, -0.05) is 0 Å². The fourth-order valence-corrected chi connectivity index (χ4v) is 2.96. The second kappa shape index (κ2) is 4.35. The van der Waals surface area contributed by atoms with E-state index in [1.165, 1.54) is 12.1 Å². The largest absolute Gasteiger partial charge is 0.480 e. The van der Waals surface area contributed by atoms with E-state index in [1.807, 2.05) is 0 Å². The lowest BCUT2D eigenvalue weighted by molar-refractivity contribution is -0.137. The molecule has 19 heavy (non-hydrogen) atoms. The number of carboxylic acid groups (broad SMARTS) is 1. The third-order valence-corrected chi connectivity index (χ3v) is 3.76. The SMILES string of the molecule is NC1CCc2c(c3cc(F)ccc3n2CC(=O)O)C1. The van der Waals surface area contributed by atoms with Crippen LogP contribution in [0.5, 0.6) is 0 Å². The fraction of sp³-hybridized carbons (Fsp3) is 0.357. The Morgan fingerprint density at radius 3 is 3.05 bits per heavy atom. The minimum Gasteiger partial charge on any atom is -0.480 e. The number of hydrogen-bond acceptors (Lipinski definition) is 2. The Morgan fingerprint density at radius 2 is 2.32 bits per heavy atom. The van der Waals surface area contributed by atoms with Crippen molar-refractivity contribution in [3.05, 3.63) is 35.3 Å². The van der Waals surface area contributed by atoms with Crippen molar-refractivity contribution in [3.8, 4) is 0 Å². The molecule has 1 unspecified atom stereocenters. The minimum atomic E-state index is -0.890. The lowest BCUT2D eigenvalue weighted by Gasteiger charge is -2.20. The minimum absolute atomic E-state index is 0.0691. The molecule has 0 amide bonds. The maximum absolute atomic E-state index is 13.4. The third kappa shape index (κ3) is 2.00. The lowest BCUT2D eigenvalue weighted by atomic mass is 9.92. The molecule has 100 valence electrons. The Hall–Kier alpha value is -1.88. The first-order valence-corrected chi connectivity index (χ1v) is 6.33. The highest BCUT2D eigenvalue weighted by Crippen LogP contribution is 2.32. The summed E-state index contributed by atoms with van der Waals surface area (Å²) in [5.41, 5.74) is 8.75. The first-order chi connectivity index (χ1) is 9.06.